The Kier molecular flexibility index (Phi) is 7.01. The Labute approximate surface area is 149 Å². The van der Waals surface area contributed by atoms with Crippen LogP contribution in [0.4, 0.5) is 11.4 Å². The largest absolute Gasteiger partial charge is 0.376 e. The van der Waals surface area contributed by atoms with E-state index in [1.807, 2.05) is 43.3 Å². The lowest BCUT2D eigenvalue weighted by molar-refractivity contribution is -0.119. The molecule has 132 valence electrons. The Morgan fingerprint density at radius 1 is 1.08 bits per heavy atom. The van der Waals surface area contributed by atoms with Gasteiger partial charge in [0, 0.05) is 24.5 Å². The van der Waals surface area contributed by atoms with Crippen molar-refractivity contribution < 1.29 is 4.79 Å². The normalized spacial score (nSPS) is 10.7. The van der Waals surface area contributed by atoms with Gasteiger partial charge in [0.15, 0.2) is 0 Å². The van der Waals surface area contributed by atoms with Crippen LogP contribution in [0.2, 0.25) is 0 Å². The fourth-order valence-electron chi connectivity index (χ4n) is 2.53. The number of para-hydroxylation sites is 1. The monoisotopic (exact) mass is 338 g/mol. The maximum absolute atomic E-state index is 11.8. The fraction of sp³-hybridized carbons (Fsp3) is 0.300. The fourth-order valence-corrected chi connectivity index (χ4v) is 2.53. The smallest absolute Gasteiger partial charge is 0.259 e. The van der Waals surface area contributed by atoms with E-state index in [9.17, 15) is 4.79 Å². The highest BCUT2D eigenvalue weighted by atomic mass is 16.2. The van der Waals surface area contributed by atoms with Gasteiger partial charge in [-0.1, -0.05) is 30.3 Å². The molecule has 0 saturated heterocycles. The number of aryl methyl sites for hydroxylation is 1. The Morgan fingerprint density at radius 3 is 2.40 bits per heavy atom. The van der Waals surface area contributed by atoms with E-state index in [1.165, 1.54) is 5.69 Å². The maximum atomic E-state index is 11.8. The van der Waals surface area contributed by atoms with Crippen molar-refractivity contribution in [2.24, 2.45) is 5.10 Å². The van der Waals surface area contributed by atoms with Crippen LogP contribution in [-0.2, 0) is 4.79 Å². The number of rotatable bonds is 8. The quantitative estimate of drug-likeness (QED) is 0.573. The van der Waals surface area contributed by atoms with E-state index in [4.69, 9.17) is 0 Å². The van der Waals surface area contributed by atoms with E-state index in [0.29, 0.717) is 0 Å². The van der Waals surface area contributed by atoms with Crippen molar-refractivity contribution in [3.8, 4) is 0 Å². The molecule has 0 aromatic heterocycles. The summed E-state index contributed by atoms with van der Waals surface area (Å²) < 4.78 is 0. The third-order valence-electron chi connectivity index (χ3n) is 4.01. The summed E-state index contributed by atoms with van der Waals surface area (Å²) in [5.41, 5.74) is 6.73. The standard InChI is InChI=1S/C20H26N4O/c1-4-24(5-2)18-12-10-17(11-13-18)14-22-23-20(25)15-21-19-9-7-6-8-16(19)3/h6-14,21H,4-5,15H2,1-3H3,(H,23,25)/b22-14-. The van der Waals surface area contributed by atoms with E-state index < -0.39 is 0 Å². The molecule has 25 heavy (non-hydrogen) atoms. The summed E-state index contributed by atoms with van der Waals surface area (Å²) in [5.74, 6) is -0.181. The molecule has 2 aromatic rings. The third kappa shape index (κ3) is 5.64. The van der Waals surface area contributed by atoms with E-state index in [1.54, 1.807) is 6.21 Å². The molecule has 0 aliphatic carbocycles. The van der Waals surface area contributed by atoms with Crippen molar-refractivity contribution >= 4 is 23.5 Å². The van der Waals surface area contributed by atoms with Gasteiger partial charge >= 0.3 is 0 Å². The summed E-state index contributed by atoms with van der Waals surface area (Å²) in [5, 5.41) is 7.12. The van der Waals surface area contributed by atoms with Crippen LogP contribution >= 0.6 is 0 Å². The average molecular weight is 338 g/mol. The maximum Gasteiger partial charge on any atom is 0.259 e. The van der Waals surface area contributed by atoms with Crippen LogP contribution in [0, 0.1) is 6.92 Å². The first kappa shape index (κ1) is 18.5. The number of hydrogen-bond donors (Lipinski definition) is 2. The van der Waals surface area contributed by atoms with Gasteiger partial charge in [0.1, 0.15) is 0 Å². The number of carbonyl (C=O) groups is 1. The topological polar surface area (TPSA) is 56.7 Å². The van der Waals surface area contributed by atoms with E-state index in [-0.39, 0.29) is 12.5 Å². The van der Waals surface area contributed by atoms with Gasteiger partial charge in [-0.2, -0.15) is 5.10 Å². The Hall–Kier alpha value is -2.82. The molecule has 0 atom stereocenters. The van der Waals surface area contributed by atoms with Gasteiger partial charge in [-0.3, -0.25) is 4.79 Å². The molecule has 0 bridgehead atoms. The molecule has 1 amide bonds. The molecule has 0 saturated carbocycles. The molecule has 0 aliphatic heterocycles. The van der Waals surface area contributed by atoms with Crippen molar-refractivity contribution in [1.82, 2.24) is 5.43 Å². The minimum absolute atomic E-state index is 0.181. The average Bonchev–Trinajstić information content (AvgIpc) is 2.63. The molecule has 0 aliphatic rings. The molecule has 0 spiro atoms. The summed E-state index contributed by atoms with van der Waals surface area (Å²) in [7, 11) is 0. The second kappa shape index (κ2) is 9.47. The van der Waals surface area contributed by atoms with E-state index in [2.05, 4.69) is 46.7 Å². The zero-order chi connectivity index (χ0) is 18.1. The molecular formula is C20H26N4O. The van der Waals surface area contributed by atoms with Crippen molar-refractivity contribution in [3.05, 3.63) is 59.7 Å². The second-order valence-corrected chi connectivity index (χ2v) is 5.73. The lowest BCUT2D eigenvalue weighted by atomic mass is 10.2. The molecule has 2 N–H and O–H groups in total. The van der Waals surface area contributed by atoms with Crippen LogP contribution in [0.5, 0.6) is 0 Å². The van der Waals surface area contributed by atoms with Crippen LogP contribution in [-0.4, -0.2) is 31.8 Å². The first-order chi connectivity index (χ1) is 12.1. The van der Waals surface area contributed by atoms with Gasteiger partial charge in [0.05, 0.1) is 12.8 Å². The Bertz CT molecular complexity index is 706. The molecule has 2 rings (SSSR count). The molecule has 0 unspecified atom stereocenters. The molecule has 2 aromatic carbocycles. The zero-order valence-corrected chi connectivity index (χ0v) is 15.1. The van der Waals surface area contributed by atoms with Crippen LogP contribution in [0.15, 0.2) is 53.6 Å². The summed E-state index contributed by atoms with van der Waals surface area (Å²) in [6.07, 6.45) is 1.65. The first-order valence-corrected chi connectivity index (χ1v) is 8.60. The van der Waals surface area contributed by atoms with E-state index in [0.717, 1.165) is 29.9 Å². The molecule has 5 nitrogen and oxygen atoms in total. The minimum atomic E-state index is -0.181. The van der Waals surface area contributed by atoms with Crippen LogP contribution in [0.3, 0.4) is 0 Å². The summed E-state index contributed by atoms with van der Waals surface area (Å²) in [6.45, 7) is 8.42. The van der Waals surface area contributed by atoms with E-state index >= 15 is 0 Å². The van der Waals surface area contributed by atoms with Crippen molar-refractivity contribution in [2.45, 2.75) is 20.8 Å². The van der Waals surface area contributed by atoms with Gasteiger partial charge in [-0.25, -0.2) is 5.43 Å². The number of carbonyl (C=O) groups excluding carboxylic acids is 1. The summed E-state index contributed by atoms with van der Waals surface area (Å²) in [4.78, 5) is 14.1. The van der Waals surface area contributed by atoms with Gasteiger partial charge in [-0.05, 0) is 50.1 Å². The van der Waals surface area contributed by atoms with Gasteiger partial charge in [0.2, 0.25) is 0 Å². The first-order valence-electron chi connectivity index (χ1n) is 8.60. The number of hydrogen-bond acceptors (Lipinski definition) is 4. The number of nitrogens with one attached hydrogen (secondary N) is 2. The molecular weight excluding hydrogens is 312 g/mol. The van der Waals surface area contributed by atoms with Crippen LogP contribution < -0.4 is 15.6 Å². The van der Waals surface area contributed by atoms with Gasteiger partial charge in [-0.15, -0.1) is 0 Å². The highest BCUT2D eigenvalue weighted by Crippen LogP contribution is 2.14. The molecule has 0 heterocycles. The number of amides is 1. The minimum Gasteiger partial charge on any atom is -0.376 e. The second-order valence-electron chi connectivity index (χ2n) is 5.73. The summed E-state index contributed by atoms with van der Waals surface area (Å²) in [6, 6.07) is 16.0. The number of nitrogens with zero attached hydrogens (tertiary/aromatic N) is 2. The van der Waals surface area contributed by atoms with Crippen molar-refractivity contribution in [3.63, 3.8) is 0 Å². The summed E-state index contributed by atoms with van der Waals surface area (Å²) >= 11 is 0. The van der Waals surface area contributed by atoms with Crippen molar-refractivity contribution in [1.29, 1.82) is 0 Å². The Morgan fingerprint density at radius 2 is 1.76 bits per heavy atom. The molecule has 0 fully saturated rings. The van der Waals surface area contributed by atoms with Crippen molar-refractivity contribution in [2.75, 3.05) is 29.9 Å². The lowest BCUT2D eigenvalue weighted by Crippen LogP contribution is -2.26. The third-order valence-corrected chi connectivity index (χ3v) is 4.01. The lowest BCUT2D eigenvalue weighted by Gasteiger charge is -2.20. The molecule has 5 heteroatoms. The molecule has 0 radical (unpaired) electrons. The predicted octanol–water partition coefficient (Wildman–Crippen LogP) is 3.40. The number of benzene rings is 2. The Balaban J connectivity index is 1.82. The predicted molar refractivity (Wildman–Crippen MR) is 105 cm³/mol. The SMILES string of the molecule is CCN(CC)c1ccc(/C=N\NC(=O)CNc2ccccc2C)cc1. The number of hydrazone groups is 1. The van der Waals surface area contributed by atoms with Crippen LogP contribution in [0.1, 0.15) is 25.0 Å². The van der Waals surface area contributed by atoms with Gasteiger partial charge < -0.3 is 10.2 Å². The highest BCUT2D eigenvalue weighted by Gasteiger charge is 2.02. The van der Waals surface area contributed by atoms with Gasteiger partial charge in [0.25, 0.3) is 5.91 Å². The highest BCUT2D eigenvalue weighted by molar-refractivity contribution is 5.84. The van der Waals surface area contributed by atoms with Crippen LogP contribution in [0.25, 0.3) is 0 Å². The number of anilines is 2. The zero-order valence-electron chi connectivity index (χ0n) is 15.1.